The van der Waals surface area contributed by atoms with Gasteiger partial charge in [0.15, 0.2) is 0 Å². The molecule has 1 aliphatic rings. The minimum absolute atomic E-state index is 0.0805. The Hall–Kier alpha value is -2.02. The van der Waals surface area contributed by atoms with Gasteiger partial charge in [-0.1, -0.05) is 11.6 Å². The van der Waals surface area contributed by atoms with Crippen LogP contribution in [0.5, 0.6) is 0 Å². The molecule has 24 heavy (non-hydrogen) atoms. The van der Waals surface area contributed by atoms with Crippen LogP contribution in [0, 0.1) is 0 Å². The van der Waals surface area contributed by atoms with E-state index in [-0.39, 0.29) is 6.61 Å². The van der Waals surface area contributed by atoms with Crippen molar-refractivity contribution in [3.05, 3.63) is 52.8 Å². The average molecular weight is 344 g/mol. The lowest BCUT2D eigenvalue weighted by molar-refractivity contribution is 0.226. The van der Waals surface area contributed by atoms with Gasteiger partial charge in [-0.15, -0.1) is 0 Å². The van der Waals surface area contributed by atoms with E-state index in [9.17, 15) is 5.11 Å². The Morgan fingerprint density at radius 1 is 1.29 bits per heavy atom. The standard InChI is InChI=1S/C17H18ClN5O/c18-13-1-2-16-14(7-13)21-17(23(16)5-6-24)10-22-4-3-12-8-19-11-20-15(12)9-22/h1-2,7-8,11,24H,3-6,9-10H2. The van der Waals surface area contributed by atoms with Gasteiger partial charge in [0.1, 0.15) is 12.2 Å². The quantitative estimate of drug-likeness (QED) is 0.785. The van der Waals surface area contributed by atoms with Gasteiger partial charge in [-0.05, 0) is 30.2 Å². The minimum atomic E-state index is 0.0805. The number of imidazole rings is 1. The van der Waals surface area contributed by atoms with Gasteiger partial charge in [0.25, 0.3) is 0 Å². The first-order valence-electron chi connectivity index (χ1n) is 8.00. The van der Waals surface area contributed by atoms with Crippen LogP contribution >= 0.6 is 11.6 Å². The molecule has 0 amide bonds. The lowest BCUT2D eigenvalue weighted by Crippen LogP contribution is -2.32. The Morgan fingerprint density at radius 3 is 3.08 bits per heavy atom. The van der Waals surface area contributed by atoms with Gasteiger partial charge in [-0.2, -0.15) is 0 Å². The Balaban J connectivity index is 1.63. The highest BCUT2D eigenvalue weighted by Gasteiger charge is 2.20. The predicted octanol–water partition coefficient (Wildman–Crippen LogP) is 2.03. The van der Waals surface area contributed by atoms with E-state index in [1.807, 2.05) is 24.4 Å². The maximum absolute atomic E-state index is 9.41. The first-order valence-corrected chi connectivity index (χ1v) is 8.38. The van der Waals surface area contributed by atoms with Crippen LogP contribution < -0.4 is 0 Å². The summed E-state index contributed by atoms with van der Waals surface area (Å²) in [6.07, 6.45) is 4.45. The van der Waals surface area contributed by atoms with Gasteiger partial charge in [0, 0.05) is 30.9 Å². The monoisotopic (exact) mass is 343 g/mol. The van der Waals surface area contributed by atoms with Gasteiger partial charge in [0.2, 0.25) is 0 Å². The molecule has 6 nitrogen and oxygen atoms in total. The van der Waals surface area contributed by atoms with E-state index in [0.29, 0.717) is 11.6 Å². The van der Waals surface area contributed by atoms with Gasteiger partial charge in [-0.25, -0.2) is 15.0 Å². The molecular weight excluding hydrogens is 326 g/mol. The molecule has 3 aromatic rings. The number of benzene rings is 1. The summed E-state index contributed by atoms with van der Waals surface area (Å²) in [6, 6.07) is 5.69. The first-order chi connectivity index (χ1) is 11.7. The maximum Gasteiger partial charge on any atom is 0.124 e. The van der Waals surface area contributed by atoms with E-state index in [1.54, 1.807) is 6.33 Å². The number of rotatable bonds is 4. The molecule has 1 aromatic carbocycles. The largest absolute Gasteiger partial charge is 0.395 e. The fourth-order valence-corrected chi connectivity index (χ4v) is 3.43. The molecule has 124 valence electrons. The number of halogens is 1. The van der Waals surface area contributed by atoms with Crippen LogP contribution in [0.1, 0.15) is 17.1 Å². The zero-order valence-electron chi connectivity index (χ0n) is 13.2. The third-order valence-electron chi connectivity index (χ3n) is 4.43. The molecule has 3 heterocycles. The minimum Gasteiger partial charge on any atom is -0.395 e. The number of fused-ring (bicyclic) bond motifs is 2. The smallest absolute Gasteiger partial charge is 0.124 e. The van der Waals surface area contributed by atoms with E-state index in [0.717, 1.165) is 48.6 Å². The molecular formula is C17H18ClN5O. The van der Waals surface area contributed by atoms with Crippen LogP contribution in [0.2, 0.25) is 5.02 Å². The van der Waals surface area contributed by atoms with Crippen molar-refractivity contribution in [1.29, 1.82) is 0 Å². The summed E-state index contributed by atoms with van der Waals surface area (Å²) < 4.78 is 2.07. The van der Waals surface area contributed by atoms with Gasteiger partial charge >= 0.3 is 0 Å². The Morgan fingerprint density at radius 2 is 2.21 bits per heavy atom. The Kier molecular flexibility index (Phi) is 4.18. The van der Waals surface area contributed by atoms with E-state index in [4.69, 9.17) is 16.6 Å². The fraction of sp³-hybridized carbons (Fsp3) is 0.353. The normalized spacial score (nSPS) is 14.9. The van der Waals surface area contributed by atoms with Crippen molar-refractivity contribution in [2.75, 3.05) is 13.2 Å². The van der Waals surface area contributed by atoms with Gasteiger partial charge in [0.05, 0.1) is 29.9 Å². The molecule has 4 rings (SSSR count). The lowest BCUT2D eigenvalue weighted by Gasteiger charge is -2.27. The highest BCUT2D eigenvalue weighted by Crippen LogP contribution is 2.23. The molecule has 0 saturated carbocycles. The number of hydrogen-bond acceptors (Lipinski definition) is 5. The summed E-state index contributed by atoms with van der Waals surface area (Å²) in [4.78, 5) is 15.5. The molecule has 0 spiro atoms. The van der Waals surface area contributed by atoms with Gasteiger partial charge in [-0.3, -0.25) is 4.90 Å². The van der Waals surface area contributed by atoms with Crippen molar-refractivity contribution in [2.45, 2.75) is 26.1 Å². The van der Waals surface area contributed by atoms with Gasteiger partial charge < -0.3 is 9.67 Å². The third kappa shape index (κ3) is 2.88. The highest BCUT2D eigenvalue weighted by molar-refractivity contribution is 6.31. The summed E-state index contributed by atoms with van der Waals surface area (Å²) in [7, 11) is 0. The van der Waals surface area contributed by atoms with E-state index >= 15 is 0 Å². The lowest BCUT2D eigenvalue weighted by atomic mass is 10.1. The second-order valence-corrected chi connectivity index (χ2v) is 6.43. The molecule has 0 bridgehead atoms. The van der Waals surface area contributed by atoms with E-state index in [1.165, 1.54) is 5.56 Å². The van der Waals surface area contributed by atoms with Crippen molar-refractivity contribution >= 4 is 22.6 Å². The molecule has 7 heteroatoms. The molecule has 2 aromatic heterocycles. The number of aliphatic hydroxyl groups excluding tert-OH is 1. The second-order valence-electron chi connectivity index (χ2n) is 5.99. The second kappa shape index (κ2) is 6.47. The summed E-state index contributed by atoms with van der Waals surface area (Å²) in [6.45, 7) is 3.07. The molecule has 1 aliphatic heterocycles. The highest BCUT2D eigenvalue weighted by atomic mass is 35.5. The molecule has 1 N–H and O–H groups in total. The van der Waals surface area contributed by atoms with Crippen LogP contribution in [-0.4, -0.2) is 42.7 Å². The molecule has 0 radical (unpaired) electrons. The average Bonchev–Trinajstić information content (AvgIpc) is 2.91. The van der Waals surface area contributed by atoms with Crippen molar-refractivity contribution in [3.63, 3.8) is 0 Å². The van der Waals surface area contributed by atoms with E-state index < -0.39 is 0 Å². The van der Waals surface area contributed by atoms with Crippen LogP contribution in [-0.2, 0) is 26.1 Å². The fourth-order valence-electron chi connectivity index (χ4n) is 3.26. The van der Waals surface area contributed by atoms with Crippen LogP contribution in [0.15, 0.2) is 30.7 Å². The SMILES string of the molecule is OCCn1c(CN2CCc3cncnc3C2)nc2cc(Cl)ccc21. The topological polar surface area (TPSA) is 67.1 Å². The molecule has 0 unspecified atom stereocenters. The van der Waals surface area contributed by atoms with E-state index in [2.05, 4.69) is 19.4 Å². The maximum atomic E-state index is 9.41. The van der Waals surface area contributed by atoms with Crippen molar-refractivity contribution in [1.82, 2.24) is 24.4 Å². The third-order valence-corrected chi connectivity index (χ3v) is 4.67. The van der Waals surface area contributed by atoms with Crippen molar-refractivity contribution in [2.24, 2.45) is 0 Å². The number of hydrogen-bond donors (Lipinski definition) is 1. The summed E-state index contributed by atoms with van der Waals surface area (Å²) in [5.74, 6) is 0.943. The molecule has 0 aliphatic carbocycles. The summed E-state index contributed by atoms with van der Waals surface area (Å²) in [5.41, 5.74) is 4.18. The number of aromatic nitrogens is 4. The zero-order chi connectivity index (χ0) is 16.5. The number of nitrogens with zero attached hydrogens (tertiary/aromatic N) is 5. The Labute approximate surface area is 144 Å². The molecule has 0 saturated heterocycles. The number of aliphatic hydroxyl groups is 1. The molecule has 0 atom stereocenters. The first kappa shape index (κ1) is 15.5. The van der Waals surface area contributed by atoms with Crippen LogP contribution in [0.4, 0.5) is 0 Å². The van der Waals surface area contributed by atoms with Crippen LogP contribution in [0.25, 0.3) is 11.0 Å². The van der Waals surface area contributed by atoms with Crippen molar-refractivity contribution in [3.8, 4) is 0 Å². The predicted molar refractivity (Wildman–Crippen MR) is 91.7 cm³/mol. The van der Waals surface area contributed by atoms with Crippen LogP contribution in [0.3, 0.4) is 0 Å². The molecule has 0 fully saturated rings. The summed E-state index contributed by atoms with van der Waals surface area (Å²) >= 11 is 6.08. The Bertz CT molecular complexity index is 879. The zero-order valence-corrected chi connectivity index (χ0v) is 13.9. The summed E-state index contributed by atoms with van der Waals surface area (Å²) in [5, 5.41) is 10.1. The van der Waals surface area contributed by atoms with Crippen molar-refractivity contribution < 1.29 is 5.11 Å².